The number of hydrogen-bond donors (Lipinski definition) is 1. The van der Waals surface area contributed by atoms with Gasteiger partial charge in [-0.05, 0) is 38.0 Å². The van der Waals surface area contributed by atoms with Gasteiger partial charge < -0.3 is 9.84 Å². The van der Waals surface area contributed by atoms with Gasteiger partial charge in [0.25, 0.3) is 0 Å². The number of aliphatic hydroxyl groups excluding tert-OH is 1. The molecule has 0 aromatic carbocycles. The van der Waals surface area contributed by atoms with E-state index in [9.17, 15) is 4.79 Å². The molecule has 0 heterocycles. The summed E-state index contributed by atoms with van der Waals surface area (Å²) in [6.07, 6.45) is 12.1. The van der Waals surface area contributed by atoms with Gasteiger partial charge in [-0.1, -0.05) is 45.4 Å². The minimum atomic E-state index is -0.174. The highest BCUT2D eigenvalue weighted by molar-refractivity contribution is 5.76. The number of hydrogen-bond acceptors (Lipinski definition) is 3. The summed E-state index contributed by atoms with van der Waals surface area (Å²) in [7, 11) is 1.47. The van der Waals surface area contributed by atoms with Crippen molar-refractivity contribution in [2.24, 2.45) is 10.8 Å². The standard InChI is InChI=1S/C9H16O2.C8H16O/c1-9(8(10)11-2)6-4-3-5-7-9;1-8(7-9)5-3-2-4-6-8/h3-7H2,1-2H3;9H,2-7H2,1H3. The van der Waals surface area contributed by atoms with Crippen LogP contribution in [0.2, 0.25) is 0 Å². The van der Waals surface area contributed by atoms with Crippen molar-refractivity contribution in [1.82, 2.24) is 0 Å². The van der Waals surface area contributed by atoms with Gasteiger partial charge in [-0.15, -0.1) is 0 Å². The number of aliphatic hydroxyl groups is 1. The lowest BCUT2D eigenvalue weighted by atomic mass is 9.76. The second-order valence-corrected chi connectivity index (χ2v) is 7.14. The van der Waals surface area contributed by atoms with Crippen LogP contribution < -0.4 is 0 Å². The van der Waals surface area contributed by atoms with E-state index < -0.39 is 0 Å². The monoisotopic (exact) mass is 284 g/mol. The second kappa shape index (κ2) is 8.02. The summed E-state index contributed by atoms with van der Waals surface area (Å²) in [5, 5.41) is 8.95. The molecule has 0 radical (unpaired) electrons. The molecule has 0 saturated heterocycles. The van der Waals surface area contributed by atoms with Crippen molar-refractivity contribution in [2.45, 2.75) is 78.1 Å². The van der Waals surface area contributed by atoms with E-state index in [-0.39, 0.29) is 16.8 Å². The summed E-state index contributed by atoms with van der Waals surface area (Å²) in [4.78, 5) is 11.3. The van der Waals surface area contributed by atoms with Crippen LogP contribution >= 0.6 is 0 Å². The average Bonchev–Trinajstić information content (AvgIpc) is 2.48. The van der Waals surface area contributed by atoms with Gasteiger partial charge in [0.1, 0.15) is 0 Å². The average molecular weight is 284 g/mol. The van der Waals surface area contributed by atoms with Crippen molar-refractivity contribution >= 4 is 5.97 Å². The topological polar surface area (TPSA) is 46.5 Å². The van der Waals surface area contributed by atoms with E-state index in [0.29, 0.717) is 6.61 Å². The summed E-state index contributed by atoms with van der Waals surface area (Å²) < 4.78 is 4.75. The van der Waals surface area contributed by atoms with Crippen LogP contribution in [0.5, 0.6) is 0 Å². The molecule has 0 unspecified atom stereocenters. The SMILES string of the molecule is CC1(CO)CCCCC1.COC(=O)C1(C)CCCCC1. The molecule has 3 heteroatoms. The molecular formula is C17H32O3. The Bertz CT molecular complexity index is 287. The predicted octanol–water partition coefficient (Wildman–Crippen LogP) is 4.08. The van der Waals surface area contributed by atoms with Crippen LogP contribution in [0.15, 0.2) is 0 Å². The number of ether oxygens (including phenoxy) is 1. The molecule has 2 aliphatic carbocycles. The largest absolute Gasteiger partial charge is 0.469 e. The summed E-state index contributed by atoms with van der Waals surface area (Å²) in [6, 6.07) is 0. The number of esters is 1. The molecule has 3 nitrogen and oxygen atoms in total. The van der Waals surface area contributed by atoms with E-state index in [0.717, 1.165) is 12.8 Å². The smallest absolute Gasteiger partial charge is 0.311 e. The van der Waals surface area contributed by atoms with E-state index in [2.05, 4.69) is 6.92 Å². The van der Waals surface area contributed by atoms with Gasteiger partial charge in [-0.3, -0.25) is 4.79 Å². The van der Waals surface area contributed by atoms with Crippen molar-refractivity contribution in [3.63, 3.8) is 0 Å². The van der Waals surface area contributed by atoms with E-state index in [1.54, 1.807) is 0 Å². The Hall–Kier alpha value is -0.570. The van der Waals surface area contributed by atoms with Gasteiger partial charge in [0.15, 0.2) is 0 Å². The fraction of sp³-hybridized carbons (Fsp3) is 0.941. The van der Waals surface area contributed by atoms with Crippen molar-refractivity contribution < 1.29 is 14.6 Å². The molecule has 0 aromatic heterocycles. The number of carbonyl (C=O) groups excluding carboxylic acids is 1. The zero-order valence-corrected chi connectivity index (χ0v) is 13.5. The first-order valence-corrected chi connectivity index (χ1v) is 8.15. The first-order valence-electron chi connectivity index (χ1n) is 8.15. The molecular weight excluding hydrogens is 252 g/mol. The molecule has 2 fully saturated rings. The van der Waals surface area contributed by atoms with Crippen molar-refractivity contribution in [3.8, 4) is 0 Å². The number of methoxy groups -OCH3 is 1. The van der Waals surface area contributed by atoms with E-state index in [1.807, 2.05) is 6.92 Å². The Morgan fingerprint density at radius 1 is 0.950 bits per heavy atom. The summed E-state index contributed by atoms with van der Waals surface area (Å²) in [5.41, 5.74) is 0.102. The van der Waals surface area contributed by atoms with Crippen LogP contribution in [0.4, 0.5) is 0 Å². The lowest BCUT2D eigenvalue weighted by molar-refractivity contribution is -0.153. The van der Waals surface area contributed by atoms with Gasteiger partial charge in [-0.25, -0.2) is 0 Å². The molecule has 2 saturated carbocycles. The summed E-state index contributed by atoms with van der Waals surface area (Å²) in [6.45, 7) is 4.58. The first-order chi connectivity index (χ1) is 9.46. The minimum Gasteiger partial charge on any atom is -0.469 e. The van der Waals surface area contributed by atoms with Gasteiger partial charge in [0.05, 0.1) is 12.5 Å². The third-order valence-electron chi connectivity index (χ3n) is 5.08. The van der Waals surface area contributed by atoms with Crippen LogP contribution in [0.25, 0.3) is 0 Å². The van der Waals surface area contributed by atoms with Gasteiger partial charge in [0.2, 0.25) is 0 Å². The molecule has 20 heavy (non-hydrogen) atoms. The lowest BCUT2D eigenvalue weighted by Crippen LogP contribution is -2.31. The molecule has 0 aliphatic heterocycles. The Balaban J connectivity index is 0.000000204. The maximum Gasteiger partial charge on any atom is 0.311 e. The van der Waals surface area contributed by atoms with Gasteiger partial charge in [-0.2, -0.15) is 0 Å². The highest BCUT2D eigenvalue weighted by atomic mass is 16.5. The zero-order valence-electron chi connectivity index (χ0n) is 13.5. The van der Waals surface area contributed by atoms with Crippen LogP contribution in [-0.4, -0.2) is 24.8 Å². The van der Waals surface area contributed by atoms with Crippen LogP contribution in [0, 0.1) is 10.8 Å². The lowest BCUT2D eigenvalue weighted by Gasteiger charge is -2.31. The third-order valence-corrected chi connectivity index (χ3v) is 5.08. The van der Waals surface area contributed by atoms with Gasteiger partial charge >= 0.3 is 5.97 Å². The quantitative estimate of drug-likeness (QED) is 0.777. The third kappa shape index (κ3) is 5.08. The van der Waals surface area contributed by atoms with Crippen molar-refractivity contribution in [2.75, 3.05) is 13.7 Å². The Morgan fingerprint density at radius 3 is 1.75 bits per heavy atom. The molecule has 0 amide bonds. The Labute approximate surface area is 124 Å². The number of rotatable bonds is 2. The second-order valence-electron chi connectivity index (χ2n) is 7.14. The van der Waals surface area contributed by atoms with Crippen LogP contribution in [-0.2, 0) is 9.53 Å². The molecule has 118 valence electrons. The minimum absolute atomic E-state index is 0.0304. The maximum absolute atomic E-state index is 11.3. The van der Waals surface area contributed by atoms with Crippen LogP contribution in [0.1, 0.15) is 78.1 Å². The molecule has 0 bridgehead atoms. The molecule has 2 aliphatic rings. The highest BCUT2D eigenvalue weighted by Crippen LogP contribution is 2.36. The molecule has 1 N–H and O–H groups in total. The highest BCUT2D eigenvalue weighted by Gasteiger charge is 2.35. The fourth-order valence-electron chi connectivity index (χ4n) is 3.35. The van der Waals surface area contributed by atoms with E-state index >= 15 is 0 Å². The fourth-order valence-corrected chi connectivity index (χ4v) is 3.35. The zero-order chi connectivity index (χ0) is 15.1. The van der Waals surface area contributed by atoms with Gasteiger partial charge in [0, 0.05) is 6.61 Å². The molecule has 0 atom stereocenters. The molecule has 2 rings (SSSR count). The molecule has 0 spiro atoms. The number of carbonyl (C=O) groups is 1. The Morgan fingerprint density at radius 2 is 1.40 bits per heavy atom. The normalized spacial score (nSPS) is 24.2. The van der Waals surface area contributed by atoms with Crippen molar-refractivity contribution in [3.05, 3.63) is 0 Å². The molecule has 0 aromatic rings. The predicted molar refractivity (Wildman–Crippen MR) is 81.5 cm³/mol. The Kier molecular flexibility index (Phi) is 7.01. The van der Waals surface area contributed by atoms with E-state index in [4.69, 9.17) is 9.84 Å². The first kappa shape index (κ1) is 17.5. The maximum atomic E-state index is 11.3. The van der Waals surface area contributed by atoms with E-state index in [1.165, 1.54) is 58.5 Å². The van der Waals surface area contributed by atoms with Crippen molar-refractivity contribution in [1.29, 1.82) is 0 Å². The summed E-state index contributed by atoms with van der Waals surface area (Å²) >= 11 is 0. The van der Waals surface area contributed by atoms with Crippen LogP contribution in [0.3, 0.4) is 0 Å². The summed E-state index contributed by atoms with van der Waals surface area (Å²) in [5.74, 6) is -0.0304.